The molecule has 1 aliphatic heterocycles. The molecule has 3 fully saturated rings. The van der Waals surface area contributed by atoms with Gasteiger partial charge in [0.1, 0.15) is 0 Å². The van der Waals surface area contributed by atoms with Crippen molar-refractivity contribution in [1.29, 1.82) is 0 Å². The zero-order valence-corrected chi connectivity index (χ0v) is 10.3. The molecule has 2 heteroatoms. The van der Waals surface area contributed by atoms with Gasteiger partial charge in [-0.2, -0.15) is 0 Å². The Bertz CT molecular complexity index is 300. The van der Waals surface area contributed by atoms with E-state index in [4.69, 9.17) is 0 Å². The second kappa shape index (κ2) is 3.48. The van der Waals surface area contributed by atoms with Crippen molar-refractivity contribution in [2.45, 2.75) is 70.3 Å². The van der Waals surface area contributed by atoms with E-state index < -0.39 is 0 Å². The first kappa shape index (κ1) is 10.6. The van der Waals surface area contributed by atoms with Crippen LogP contribution < -0.4 is 5.32 Å². The molecule has 2 nitrogen and oxygen atoms in total. The maximum absolute atomic E-state index is 11.8. The lowest BCUT2D eigenvalue weighted by molar-refractivity contribution is -0.120. The topological polar surface area (TPSA) is 29.1 Å². The molecule has 1 N–H and O–H groups in total. The van der Waals surface area contributed by atoms with E-state index in [0.717, 1.165) is 6.42 Å². The van der Waals surface area contributed by atoms with E-state index in [-0.39, 0.29) is 5.54 Å². The summed E-state index contributed by atoms with van der Waals surface area (Å²) in [6.07, 6.45) is 11.3. The van der Waals surface area contributed by atoms with Crippen LogP contribution in [0.25, 0.3) is 0 Å². The molecule has 3 aliphatic rings. The third-order valence-corrected chi connectivity index (χ3v) is 5.53. The van der Waals surface area contributed by atoms with Gasteiger partial charge in [-0.25, -0.2) is 0 Å². The van der Waals surface area contributed by atoms with E-state index >= 15 is 0 Å². The summed E-state index contributed by atoms with van der Waals surface area (Å²) in [6, 6.07) is 0. The number of nitrogens with one attached hydrogen (secondary N) is 1. The second-order valence-corrected chi connectivity index (χ2v) is 6.53. The summed E-state index contributed by atoms with van der Waals surface area (Å²) in [5.74, 6) is 0.946. The molecule has 1 saturated heterocycles. The molecule has 16 heavy (non-hydrogen) atoms. The molecule has 1 amide bonds. The Labute approximate surface area is 98.2 Å². The number of carbonyl (C=O) groups excluding carboxylic acids is 1. The molecule has 1 spiro atoms. The molecule has 1 unspecified atom stereocenters. The van der Waals surface area contributed by atoms with Crippen molar-refractivity contribution in [2.24, 2.45) is 11.3 Å². The summed E-state index contributed by atoms with van der Waals surface area (Å²) in [4.78, 5) is 11.8. The highest BCUT2D eigenvalue weighted by atomic mass is 16.2. The number of rotatable bonds is 1. The minimum absolute atomic E-state index is 0.199. The van der Waals surface area contributed by atoms with Crippen LogP contribution >= 0.6 is 0 Å². The molecule has 1 heterocycles. The van der Waals surface area contributed by atoms with E-state index in [9.17, 15) is 4.79 Å². The molecule has 2 saturated carbocycles. The Morgan fingerprint density at radius 3 is 2.31 bits per heavy atom. The third kappa shape index (κ3) is 1.42. The minimum Gasteiger partial charge on any atom is -0.350 e. The summed E-state index contributed by atoms with van der Waals surface area (Å²) in [7, 11) is 0. The van der Waals surface area contributed by atoms with Crippen LogP contribution in [0.4, 0.5) is 0 Å². The van der Waals surface area contributed by atoms with Crippen LogP contribution in [0.15, 0.2) is 0 Å². The molecule has 1 atom stereocenters. The van der Waals surface area contributed by atoms with Crippen molar-refractivity contribution in [3.63, 3.8) is 0 Å². The van der Waals surface area contributed by atoms with Gasteiger partial charge in [0.2, 0.25) is 5.91 Å². The van der Waals surface area contributed by atoms with Gasteiger partial charge in [-0.05, 0) is 37.0 Å². The van der Waals surface area contributed by atoms with Gasteiger partial charge in [0.15, 0.2) is 0 Å². The average Bonchev–Trinajstić information content (AvgIpc) is 2.53. The van der Waals surface area contributed by atoms with Gasteiger partial charge in [0.05, 0.1) is 0 Å². The molecule has 2 aliphatic carbocycles. The van der Waals surface area contributed by atoms with Crippen molar-refractivity contribution < 1.29 is 4.79 Å². The Morgan fingerprint density at radius 1 is 1.06 bits per heavy atom. The van der Waals surface area contributed by atoms with Gasteiger partial charge in [-0.15, -0.1) is 0 Å². The molecule has 0 radical (unpaired) electrons. The maximum Gasteiger partial charge on any atom is 0.220 e. The van der Waals surface area contributed by atoms with Crippen LogP contribution in [-0.2, 0) is 4.79 Å². The van der Waals surface area contributed by atoms with E-state index in [1.54, 1.807) is 0 Å². The standard InChI is InChI=1S/C14H23NO/c1-13(6-5-7-13)11-10-12(16)15-14(11)8-3-2-4-9-14/h11H,2-10H2,1H3,(H,15,16). The average molecular weight is 221 g/mol. The van der Waals surface area contributed by atoms with Gasteiger partial charge in [0, 0.05) is 12.0 Å². The van der Waals surface area contributed by atoms with E-state index in [0.29, 0.717) is 17.2 Å². The number of hydrogen-bond donors (Lipinski definition) is 1. The van der Waals surface area contributed by atoms with Gasteiger partial charge in [-0.3, -0.25) is 4.79 Å². The highest BCUT2D eigenvalue weighted by molar-refractivity contribution is 5.80. The van der Waals surface area contributed by atoms with Crippen LogP contribution in [0.3, 0.4) is 0 Å². The first-order valence-electron chi connectivity index (χ1n) is 6.96. The van der Waals surface area contributed by atoms with Crippen LogP contribution in [0.1, 0.15) is 64.7 Å². The number of hydrogen-bond acceptors (Lipinski definition) is 1. The first-order valence-corrected chi connectivity index (χ1v) is 6.96. The summed E-state index contributed by atoms with van der Waals surface area (Å²) < 4.78 is 0. The zero-order chi connectivity index (χ0) is 11.2. The lowest BCUT2D eigenvalue weighted by Gasteiger charge is -2.51. The lowest BCUT2D eigenvalue weighted by Crippen LogP contribution is -2.53. The molecular formula is C14H23NO. The Morgan fingerprint density at radius 2 is 1.75 bits per heavy atom. The second-order valence-electron chi connectivity index (χ2n) is 6.53. The highest BCUT2D eigenvalue weighted by Crippen LogP contribution is 2.56. The molecule has 0 aromatic rings. The Balaban J connectivity index is 1.86. The molecule has 3 rings (SSSR count). The minimum atomic E-state index is 0.199. The van der Waals surface area contributed by atoms with Crippen molar-refractivity contribution in [3.05, 3.63) is 0 Å². The van der Waals surface area contributed by atoms with Crippen molar-refractivity contribution in [1.82, 2.24) is 5.32 Å². The summed E-state index contributed by atoms with van der Waals surface area (Å²) in [6.45, 7) is 2.41. The van der Waals surface area contributed by atoms with Crippen molar-refractivity contribution >= 4 is 5.91 Å². The smallest absolute Gasteiger partial charge is 0.220 e. The quantitative estimate of drug-likeness (QED) is 0.724. The summed E-state index contributed by atoms with van der Waals surface area (Å²) in [5, 5.41) is 3.35. The van der Waals surface area contributed by atoms with Crippen molar-refractivity contribution in [3.8, 4) is 0 Å². The molecule has 0 bridgehead atoms. The molecular weight excluding hydrogens is 198 g/mol. The van der Waals surface area contributed by atoms with E-state index in [1.807, 2.05) is 0 Å². The van der Waals surface area contributed by atoms with Gasteiger partial charge in [0.25, 0.3) is 0 Å². The largest absolute Gasteiger partial charge is 0.350 e. The lowest BCUT2D eigenvalue weighted by atomic mass is 9.55. The van der Waals surface area contributed by atoms with Crippen molar-refractivity contribution in [2.75, 3.05) is 0 Å². The molecule has 90 valence electrons. The summed E-state index contributed by atoms with van der Waals surface area (Å²) >= 11 is 0. The van der Waals surface area contributed by atoms with Gasteiger partial charge >= 0.3 is 0 Å². The van der Waals surface area contributed by atoms with Crippen LogP contribution in [0.5, 0.6) is 0 Å². The Hall–Kier alpha value is -0.530. The normalized spacial score (nSPS) is 35.8. The van der Waals surface area contributed by atoms with E-state index in [1.165, 1.54) is 51.4 Å². The molecule has 0 aromatic carbocycles. The first-order chi connectivity index (χ1) is 7.65. The highest BCUT2D eigenvalue weighted by Gasteiger charge is 2.55. The predicted molar refractivity (Wildman–Crippen MR) is 64.0 cm³/mol. The predicted octanol–water partition coefficient (Wildman–Crippen LogP) is 3.02. The van der Waals surface area contributed by atoms with Crippen LogP contribution in [-0.4, -0.2) is 11.4 Å². The van der Waals surface area contributed by atoms with Gasteiger partial charge < -0.3 is 5.32 Å². The summed E-state index contributed by atoms with van der Waals surface area (Å²) in [5.41, 5.74) is 0.668. The fraction of sp³-hybridized carbons (Fsp3) is 0.929. The number of carbonyl (C=O) groups is 1. The Kier molecular flexibility index (Phi) is 2.31. The SMILES string of the molecule is CC1(C2CC(=O)NC23CCCCC3)CCC1. The van der Waals surface area contributed by atoms with Crippen LogP contribution in [0.2, 0.25) is 0 Å². The van der Waals surface area contributed by atoms with Crippen LogP contribution in [0, 0.1) is 11.3 Å². The molecule has 0 aromatic heterocycles. The fourth-order valence-electron chi connectivity index (χ4n) is 4.45. The maximum atomic E-state index is 11.8. The number of amides is 1. The zero-order valence-electron chi connectivity index (χ0n) is 10.3. The monoisotopic (exact) mass is 221 g/mol. The fourth-order valence-corrected chi connectivity index (χ4v) is 4.45. The third-order valence-electron chi connectivity index (χ3n) is 5.53. The van der Waals surface area contributed by atoms with Gasteiger partial charge in [-0.1, -0.05) is 32.6 Å². The van der Waals surface area contributed by atoms with E-state index in [2.05, 4.69) is 12.2 Å².